The van der Waals surface area contributed by atoms with E-state index in [1.165, 1.54) is 25.0 Å². The molecule has 0 unspecified atom stereocenters. The zero-order valence-corrected chi connectivity index (χ0v) is 21.6. The third-order valence-corrected chi connectivity index (χ3v) is 10.4. The number of urea groups is 1. The van der Waals surface area contributed by atoms with Gasteiger partial charge in [-0.2, -0.15) is 18.3 Å². The number of nitrogens with one attached hydrogen (secondary N) is 1. The minimum atomic E-state index is -5.33. The highest BCUT2D eigenvalue weighted by molar-refractivity contribution is 7.92. The lowest BCUT2D eigenvalue weighted by molar-refractivity contribution is -0.116. The van der Waals surface area contributed by atoms with Crippen molar-refractivity contribution in [1.29, 1.82) is 0 Å². The molecule has 1 aromatic carbocycles. The van der Waals surface area contributed by atoms with E-state index in [0.29, 0.717) is 18.4 Å². The second kappa shape index (κ2) is 7.93. The molecule has 9 nitrogen and oxygen atoms in total. The Morgan fingerprint density at radius 2 is 1.55 bits per heavy atom. The fourth-order valence-corrected chi connectivity index (χ4v) is 7.58. The molecule has 7 rings (SSSR count). The number of carbonyl (C=O) groups excluding carboxylic acids is 1. The molecule has 3 aliphatic heterocycles. The van der Waals surface area contributed by atoms with Crippen LogP contribution < -0.4 is 0 Å². The van der Waals surface area contributed by atoms with Crippen molar-refractivity contribution in [3.05, 3.63) is 41.5 Å². The zero-order chi connectivity index (χ0) is 26.5. The maximum atomic E-state index is 12.9. The Kier molecular flexibility index (Phi) is 5.09. The van der Waals surface area contributed by atoms with Gasteiger partial charge in [0, 0.05) is 68.5 Å². The Morgan fingerprint density at radius 3 is 2.13 bits per heavy atom. The van der Waals surface area contributed by atoms with E-state index in [4.69, 9.17) is 0 Å². The Morgan fingerprint density at radius 1 is 0.947 bits per heavy atom. The van der Waals surface area contributed by atoms with Crippen molar-refractivity contribution in [3.63, 3.8) is 0 Å². The number of carbonyl (C=O) groups is 1. The largest absolute Gasteiger partial charge is 0.501 e. The number of rotatable bonds is 5. The van der Waals surface area contributed by atoms with Gasteiger partial charge in [-0.15, -0.1) is 0 Å². The minimum absolute atomic E-state index is 0.0875. The number of alkyl halides is 3. The van der Waals surface area contributed by atoms with Crippen LogP contribution in [-0.4, -0.2) is 89.1 Å². The summed E-state index contributed by atoms with van der Waals surface area (Å²) in [4.78, 5) is 22.9. The van der Waals surface area contributed by atoms with Gasteiger partial charge in [0.05, 0.1) is 4.90 Å². The molecule has 3 saturated heterocycles. The lowest BCUT2D eigenvalue weighted by atomic mass is 9.57. The predicted molar refractivity (Wildman–Crippen MR) is 129 cm³/mol. The van der Waals surface area contributed by atoms with Crippen LogP contribution in [0.1, 0.15) is 54.7 Å². The average Bonchev–Trinajstić information content (AvgIpc) is 3.49. The summed E-state index contributed by atoms with van der Waals surface area (Å²) in [5, 5.41) is 7.51. The fourth-order valence-electron chi connectivity index (χ4n) is 6.81. The van der Waals surface area contributed by atoms with Crippen LogP contribution in [0.2, 0.25) is 0 Å². The highest BCUT2D eigenvalue weighted by Gasteiger charge is 2.58. The van der Waals surface area contributed by atoms with E-state index in [0.717, 1.165) is 81.5 Å². The highest BCUT2D eigenvalue weighted by atomic mass is 32.2. The molecule has 2 spiro atoms. The van der Waals surface area contributed by atoms with Gasteiger partial charge >= 0.3 is 11.5 Å². The number of hydrogen-bond acceptors (Lipinski definition) is 6. The number of amides is 2. The van der Waals surface area contributed by atoms with Gasteiger partial charge in [-0.05, 0) is 43.4 Å². The van der Waals surface area contributed by atoms with Crippen LogP contribution in [0.25, 0.3) is 0 Å². The number of halogens is 3. The van der Waals surface area contributed by atoms with E-state index >= 15 is 0 Å². The fraction of sp³-hybridized carbons (Fsp3) is 0.640. The van der Waals surface area contributed by atoms with E-state index in [-0.39, 0.29) is 16.9 Å². The first-order valence-corrected chi connectivity index (χ1v) is 14.5. The molecule has 2 amide bonds. The van der Waals surface area contributed by atoms with Gasteiger partial charge in [0.1, 0.15) is 5.82 Å². The first-order valence-electron chi connectivity index (χ1n) is 13.0. The van der Waals surface area contributed by atoms with Crippen LogP contribution in [0, 0.1) is 10.8 Å². The molecule has 4 heterocycles. The molecule has 0 radical (unpaired) electrons. The summed E-state index contributed by atoms with van der Waals surface area (Å²) in [7, 11) is -5.33. The Hall–Kier alpha value is -2.67. The molecule has 0 bridgehead atoms. The molecule has 0 atom stereocenters. The molecular formula is C25H29F3N6O3S. The predicted octanol–water partition coefficient (Wildman–Crippen LogP) is 3.09. The standard InChI is InChI=1S/C25H29F3N6O3S/c26-25(27,28)38(36,37)19-5-1-16(2-6-19)9-32-10-24(11-32)14-34(15-24)22(35)33-12-23(13-33)7-18(8-23)21-29-20(30-31-21)17-3-4-17/h1-2,5-6,17-18H,3-4,7-15H2,(H,29,30,31). The molecule has 2 aliphatic carbocycles. The third-order valence-electron chi connectivity index (χ3n) is 8.92. The summed E-state index contributed by atoms with van der Waals surface area (Å²) in [5.41, 5.74) is -4.23. The van der Waals surface area contributed by atoms with Crippen LogP contribution >= 0.6 is 0 Å². The molecule has 2 aromatic rings. The van der Waals surface area contributed by atoms with Crippen molar-refractivity contribution in [3.8, 4) is 0 Å². The number of likely N-dealkylation sites (tertiary alicyclic amines) is 3. The van der Waals surface area contributed by atoms with Crippen molar-refractivity contribution in [2.24, 2.45) is 10.8 Å². The smallest absolute Gasteiger partial charge is 0.323 e. The van der Waals surface area contributed by atoms with Crippen LogP contribution in [0.15, 0.2) is 29.2 Å². The molecular weight excluding hydrogens is 521 g/mol. The molecule has 1 N–H and O–H groups in total. The normalized spacial score (nSPS) is 24.6. The van der Waals surface area contributed by atoms with Crippen LogP contribution in [0.3, 0.4) is 0 Å². The van der Waals surface area contributed by atoms with E-state index in [1.54, 1.807) is 0 Å². The van der Waals surface area contributed by atoms with Gasteiger partial charge in [0.25, 0.3) is 9.84 Å². The number of hydrogen-bond donors (Lipinski definition) is 1. The Balaban J connectivity index is 0.842. The topological polar surface area (TPSA) is 102 Å². The van der Waals surface area contributed by atoms with Crippen LogP contribution in [-0.2, 0) is 16.4 Å². The number of sulfone groups is 1. The lowest BCUT2D eigenvalue weighted by Gasteiger charge is -2.63. The van der Waals surface area contributed by atoms with Crippen molar-refractivity contribution < 1.29 is 26.4 Å². The first-order chi connectivity index (χ1) is 17.9. The van der Waals surface area contributed by atoms with Gasteiger partial charge < -0.3 is 9.80 Å². The second-order valence-electron chi connectivity index (χ2n) is 12.2. The average molecular weight is 551 g/mol. The van der Waals surface area contributed by atoms with E-state index < -0.39 is 20.2 Å². The first kappa shape index (κ1) is 24.4. The monoisotopic (exact) mass is 550 g/mol. The molecule has 1 aromatic heterocycles. The molecule has 5 aliphatic rings. The molecule has 2 saturated carbocycles. The van der Waals surface area contributed by atoms with E-state index in [1.807, 2.05) is 9.80 Å². The van der Waals surface area contributed by atoms with Crippen LogP contribution in [0.5, 0.6) is 0 Å². The molecule has 38 heavy (non-hydrogen) atoms. The number of nitrogens with zero attached hydrogens (tertiary/aromatic N) is 5. The quantitative estimate of drug-likeness (QED) is 0.614. The number of H-pyrrole nitrogens is 1. The van der Waals surface area contributed by atoms with Gasteiger partial charge in [0.15, 0.2) is 5.82 Å². The summed E-state index contributed by atoms with van der Waals surface area (Å²) >= 11 is 0. The van der Waals surface area contributed by atoms with Crippen molar-refractivity contribution in [1.82, 2.24) is 29.9 Å². The number of aromatic amines is 1. The maximum Gasteiger partial charge on any atom is 0.501 e. The third kappa shape index (κ3) is 3.92. The van der Waals surface area contributed by atoms with E-state index in [2.05, 4.69) is 20.1 Å². The summed E-state index contributed by atoms with van der Waals surface area (Å²) in [6.45, 7) is 5.20. The second-order valence-corrected chi connectivity index (χ2v) is 14.1. The highest BCUT2D eigenvalue weighted by Crippen LogP contribution is 2.56. The van der Waals surface area contributed by atoms with Gasteiger partial charge in [-0.25, -0.2) is 18.2 Å². The summed E-state index contributed by atoms with van der Waals surface area (Å²) in [6, 6.07) is 4.99. The van der Waals surface area contributed by atoms with Gasteiger partial charge in [-0.3, -0.25) is 10.00 Å². The maximum absolute atomic E-state index is 12.9. The Labute approximate surface area is 218 Å². The SMILES string of the molecule is O=C(N1CC2(CC(c3n[nH]c(C4CC4)n3)C2)C1)N1CC2(CN(Cc3ccc(S(=O)(=O)C(F)(F)F)cc3)C2)C1. The summed E-state index contributed by atoms with van der Waals surface area (Å²) < 4.78 is 61.2. The van der Waals surface area contributed by atoms with Crippen molar-refractivity contribution in [2.45, 2.75) is 54.5 Å². The molecule has 204 valence electrons. The van der Waals surface area contributed by atoms with Gasteiger partial charge in [0.2, 0.25) is 0 Å². The minimum Gasteiger partial charge on any atom is -0.323 e. The summed E-state index contributed by atoms with van der Waals surface area (Å²) in [6.07, 6.45) is 4.49. The molecule has 13 heteroatoms. The van der Waals surface area contributed by atoms with Gasteiger partial charge in [-0.1, -0.05) is 12.1 Å². The number of benzene rings is 1. The number of aromatic nitrogens is 3. The van der Waals surface area contributed by atoms with Crippen molar-refractivity contribution >= 4 is 15.9 Å². The van der Waals surface area contributed by atoms with Crippen molar-refractivity contribution in [2.75, 3.05) is 39.3 Å². The van der Waals surface area contributed by atoms with E-state index in [9.17, 15) is 26.4 Å². The molecule has 5 fully saturated rings. The summed E-state index contributed by atoms with van der Waals surface area (Å²) in [5.74, 6) is 2.93. The zero-order valence-electron chi connectivity index (χ0n) is 20.7. The van der Waals surface area contributed by atoms with Crippen LogP contribution in [0.4, 0.5) is 18.0 Å². The Bertz CT molecular complexity index is 1360. The lowest BCUT2D eigenvalue weighted by Crippen LogP contribution is -2.75.